The normalized spacial score (nSPS) is 15.4. The number of amides is 2. The van der Waals surface area contributed by atoms with Crippen molar-refractivity contribution in [2.75, 3.05) is 26.2 Å². The highest BCUT2D eigenvalue weighted by atomic mass is 16.4. The first-order valence-electron chi connectivity index (χ1n) is 9.28. The zero-order chi connectivity index (χ0) is 19.8. The average molecular weight is 373 g/mol. The van der Waals surface area contributed by atoms with Gasteiger partial charge in [0.25, 0.3) is 0 Å². The second-order valence-electron chi connectivity index (χ2n) is 8.40. The summed E-state index contributed by atoms with van der Waals surface area (Å²) < 4.78 is 6.55. The summed E-state index contributed by atoms with van der Waals surface area (Å²) in [7, 11) is 1.65. The van der Waals surface area contributed by atoms with Crippen molar-refractivity contribution in [1.29, 1.82) is 0 Å². The number of carbonyl (C=O) groups excluding carboxylic acids is 2. The molecule has 27 heavy (non-hydrogen) atoms. The van der Waals surface area contributed by atoms with Gasteiger partial charge < -0.3 is 14.2 Å². The van der Waals surface area contributed by atoms with Crippen molar-refractivity contribution in [2.24, 2.45) is 12.5 Å². The fourth-order valence-corrected chi connectivity index (χ4v) is 3.34. The first-order valence-corrected chi connectivity index (χ1v) is 9.28. The van der Waals surface area contributed by atoms with Gasteiger partial charge in [0.05, 0.1) is 11.9 Å². The molecule has 3 rings (SSSR count). The number of oxazole rings is 1. The molecular weight excluding hydrogens is 346 g/mol. The SMILES string of the molecule is Cn1c(=O)oc2ccc(CC(=O)N3CCN(C(=O)CC(C)(C)C)CC3)cc21. The lowest BCUT2D eigenvalue weighted by molar-refractivity contribution is -0.140. The van der Waals surface area contributed by atoms with E-state index < -0.39 is 5.76 Å². The molecule has 0 N–H and O–H groups in total. The number of aryl methyl sites for hydroxylation is 1. The maximum atomic E-state index is 12.6. The number of hydrogen-bond donors (Lipinski definition) is 0. The van der Waals surface area contributed by atoms with Gasteiger partial charge in [0.2, 0.25) is 11.8 Å². The molecule has 2 heterocycles. The first kappa shape index (κ1) is 19.2. The summed E-state index contributed by atoms with van der Waals surface area (Å²) in [5.41, 5.74) is 2.01. The molecule has 0 saturated carbocycles. The molecule has 1 aromatic heterocycles. The largest absolute Gasteiger partial charge is 0.419 e. The molecule has 0 unspecified atom stereocenters. The van der Waals surface area contributed by atoms with Crippen molar-refractivity contribution in [3.05, 3.63) is 34.3 Å². The minimum absolute atomic E-state index is 0.0319. The Labute approximate surface area is 158 Å². The Bertz CT molecular complexity index is 911. The number of rotatable bonds is 3. The minimum atomic E-state index is -0.412. The van der Waals surface area contributed by atoms with Crippen molar-refractivity contribution >= 4 is 22.9 Å². The van der Waals surface area contributed by atoms with Gasteiger partial charge in [-0.1, -0.05) is 26.8 Å². The van der Waals surface area contributed by atoms with E-state index in [0.29, 0.717) is 43.7 Å². The third-order valence-electron chi connectivity index (χ3n) is 4.88. The summed E-state index contributed by atoms with van der Waals surface area (Å²) in [5, 5.41) is 0. The van der Waals surface area contributed by atoms with Gasteiger partial charge in [-0.25, -0.2) is 4.79 Å². The Morgan fingerprint density at radius 2 is 1.63 bits per heavy atom. The fraction of sp³-hybridized carbons (Fsp3) is 0.550. The predicted molar refractivity (Wildman–Crippen MR) is 102 cm³/mol. The zero-order valence-electron chi connectivity index (χ0n) is 16.4. The molecule has 1 fully saturated rings. The summed E-state index contributed by atoms with van der Waals surface area (Å²) in [4.78, 5) is 40.2. The van der Waals surface area contributed by atoms with Crippen molar-refractivity contribution in [2.45, 2.75) is 33.6 Å². The van der Waals surface area contributed by atoms with Gasteiger partial charge in [-0.3, -0.25) is 14.2 Å². The topological polar surface area (TPSA) is 75.8 Å². The van der Waals surface area contributed by atoms with Crippen molar-refractivity contribution in [3.8, 4) is 0 Å². The van der Waals surface area contributed by atoms with Crippen molar-refractivity contribution in [1.82, 2.24) is 14.4 Å². The lowest BCUT2D eigenvalue weighted by Crippen LogP contribution is -2.51. The van der Waals surface area contributed by atoms with Gasteiger partial charge in [-0.15, -0.1) is 0 Å². The van der Waals surface area contributed by atoms with Crippen LogP contribution in [0, 0.1) is 5.41 Å². The molecule has 0 spiro atoms. The maximum Gasteiger partial charge on any atom is 0.419 e. The van der Waals surface area contributed by atoms with Crippen LogP contribution >= 0.6 is 0 Å². The molecule has 7 nitrogen and oxygen atoms in total. The summed E-state index contributed by atoms with van der Waals surface area (Å²) in [5.74, 6) is -0.226. The quantitative estimate of drug-likeness (QED) is 0.822. The Hall–Kier alpha value is -2.57. The van der Waals surface area contributed by atoms with E-state index >= 15 is 0 Å². The second-order valence-corrected chi connectivity index (χ2v) is 8.40. The van der Waals surface area contributed by atoms with Gasteiger partial charge in [0.1, 0.15) is 0 Å². The monoisotopic (exact) mass is 373 g/mol. The van der Waals surface area contributed by atoms with Crippen molar-refractivity contribution < 1.29 is 14.0 Å². The molecule has 2 aromatic rings. The third kappa shape index (κ3) is 4.40. The van der Waals surface area contributed by atoms with Crippen LogP contribution in [0.1, 0.15) is 32.8 Å². The molecule has 0 atom stereocenters. The van der Waals surface area contributed by atoms with Gasteiger partial charge >= 0.3 is 5.76 Å². The molecular formula is C20H27N3O4. The van der Waals surface area contributed by atoms with E-state index in [0.717, 1.165) is 5.56 Å². The van der Waals surface area contributed by atoms with Gasteiger partial charge in [-0.2, -0.15) is 0 Å². The summed E-state index contributed by atoms with van der Waals surface area (Å²) in [6.45, 7) is 8.43. The van der Waals surface area contributed by atoms with Crippen LogP contribution in [0.5, 0.6) is 0 Å². The molecule has 1 saturated heterocycles. The molecule has 146 valence electrons. The van der Waals surface area contributed by atoms with Gasteiger partial charge in [0, 0.05) is 39.6 Å². The molecule has 1 aliphatic heterocycles. The Morgan fingerprint density at radius 3 is 2.22 bits per heavy atom. The van der Waals surface area contributed by atoms with E-state index in [9.17, 15) is 14.4 Å². The van der Waals surface area contributed by atoms with Crippen LogP contribution in [-0.4, -0.2) is 52.4 Å². The van der Waals surface area contributed by atoms with E-state index in [1.54, 1.807) is 18.0 Å². The standard InChI is InChI=1S/C20H27N3O4/c1-20(2,3)13-18(25)23-9-7-22(8-10-23)17(24)12-14-5-6-16-15(11-14)21(4)19(26)27-16/h5-6,11H,7-10,12-13H2,1-4H3. The molecule has 0 radical (unpaired) electrons. The molecule has 0 bridgehead atoms. The number of aromatic nitrogens is 1. The highest BCUT2D eigenvalue weighted by Gasteiger charge is 2.26. The molecule has 2 amide bonds. The lowest BCUT2D eigenvalue weighted by atomic mass is 9.91. The van der Waals surface area contributed by atoms with Crippen LogP contribution in [-0.2, 0) is 23.1 Å². The number of hydrogen-bond acceptors (Lipinski definition) is 4. The minimum Gasteiger partial charge on any atom is -0.408 e. The number of benzene rings is 1. The van der Waals surface area contributed by atoms with Crippen LogP contribution in [0.2, 0.25) is 0 Å². The summed E-state index contributed by atoms with van der Waals surface area (Å²) >= 11 is 0. The fourth-order valence-electron chi connectivity index (χ4n) is 3.34. The number of piperazine rings is 1. The Morgan fingerprint density at radius 1 is 1.04 bits per heavy atom. The van der Waals surface area contributed by atoms with E-state index in [1.807, 2.05) is 17.0 Å². The van der Waals surface area contributed by atoms with Crippen LogP contribution in [0.4, 0.5) is 0 Å². The van der Waals surface area contributed by atoms with Crippen LogP contribution in [0.3, 0.4) is 0 Å². The van der Waals surface area contributed by atoms with E-state index in [-0.39, 0.29) is 23.7 Å². The molecule has 7 heteroatoms. The highest BCUT2D eigenvalue weighted by Crippen LogP contribution is 2.21. The average Bonchev–Trinajstić information content (AvgIpc) is 2.88. The maximum absolute atomic E-state index is 12.6. The Balaban J connectivity index is 1.59. The lowest BCUT2D eigenvalue weighted by Gasteiger charge is -2.36. The van der Waals surface area contributed by atoms with Crippen molar-refractivity contribution in [3.63, 3.8) is 0 Å². The number of nitrogens with zero attached hydrogens (tertiary/aromatic N) is 3. The van der Waals surface area contributed by atoms with Gasteiger partial charge in [0.15, 0.2) is 5.58 Å². The highest BCUT2D eigenvalue weighted by molar-refractivity contribution is 5.82. The smallest absolute Gasteiger partial charge is 0.408 e. The van der Waals surface area contributed by atoms with E-state index in [2.05, 4.69) is 20.8 Å². The third-order valence-corrected chi connectivity index (χ3v) is 4.88. The molecule has 0 aliphatic carbocycles. The van der Waals surface area contributed by atoms with Crippen LogP contribution in [0.25, 0.3) is 11.1 Å². The van der Waals surface area contributed by atoms with Gasteiger partial charge in [-0.05, 0) is 23.1 Å². The summed E-state index contributed by atoms with van der Waals surface area (Å²) in [6.07, 6.45) is 0.787. The van der Waals surface area contributed by atoms with E-state index in [1.165, 1.54) is 4.57 Å². The first-order chi connectivity index (χ1) is 12.6. The van der Waals surface area contributed by atoms with Crippen LogP contribution < -0.4 is 5.76 Å². The Kier molecular flexibility index (Phi) is 5.13. The second kappa shape index (κ2) is 7.21. The predicted octanol–water partition coefficient (Wildman–Crippen LogP) is 1.78. The molecule has 1 aliphatic rings. The number of carbonyl (C=O) groups is 2. The zero-order valence-corrected chi connectivity index (χ0v) is 16.4. The number of fused-ring (bicyclic) bond motifs is 1. The molecule has 1 aromatic carbocycles. The van der Waals surface area contributed by atoms with E-state index in [4.69, 9.17) is 4.42 Å². The van der Waals surface area contributed by atoms with Crippen LogP contribution in [0.15, 0.2) is 27.4 Å². The summed E-state index contributed by atoms with van der Waals surface area (Å²) in [6, 6.07) is 5.36.